The molecule has 0 amide bonds. The maximum atomic E-state index is 9.69. The van der Waals surface area contributed by atoms with Crippen LogP contribution in [-0.4, -0.2) is 5.11 Å². The van der Waals surface area contributed by atoms with E-state index in [0.29, 0.717) is 5.75 Å². The van der Waals surface area contributed by atoms with E-state index >= 15 is 0 Å². The molecule has 0 saturated heterocycles. The van der Waals surface area contributed by atoms with Crippen molar-refractivity contribution < 1.29 is 5.11 Å². The lowest BCUT2D eigenvalue weighted by Gasteiger charge is -2.05. The van der Waals surface area contributed by atoms with Crippen LogP contribution in [0.2, 0.25) is 0 Å². The molecule has 0 aromatic heterocycles. The van der Waals surface area contributed by atoms with Crippen molar-refractivity contribution in [1.82, 2.24) is 0 Å². The van der Waals surface area contributed by atoms with Crippen LogP contribution in [0.5, 0.6) is 5.75 Å². The smallest absolute Gasteiger partial charge is 0.123 e. The van der Waals surface area contributed by atoms with Crippen molar-refractivity contribution in [3.05, 3.63) is 110 Å². The lowest BCUT2D eigenvalue weighted by molar-refractivity contribution is 0.477. The van der Waals surface area contributed by atoms with Crippen LogP contribution in [0.3, 0.4) is 0 Å². The van der Waals surface area contributed by atoms with Crippen molar-refractivity contribution in [2.75, 3.05) is 0 Å². The van der Waals surface area contributed by atoms with Crippen LogP contribution < -0.4 is 0 Å². The Hall–Kier alpha value is -1.86. The summed E-state index contributed by atoms with van der Waals surface area (Å²) in [6.45, 7) is 0. The number of hydrogen-bond donors (Lipinski definition) is 1. The Morgan fingerprint density at radius 2 is 0.889 bits per heavy atom. The number of rotatable bonds is 2. The number of aromatic hydroxyl groups is 1. The molecule has 0 heterocycles. The molecule has 1 N–H and O–H groups in total. The first kappa shape index (κ1) is 19.9. The highest BCUT2D eigenvalue weighted by molar-refractivity contribution is 14.1. The molecule has 4 aromatic carbocycles. The number of halogens is 2. The number of hydrogen-bond acceptors (Lipinski definition) is 1. The second kappa shape index (κ2) is 9.90. The lowest BCUT2D eigenvalue weighted by Crippen LogP contribution is -1.82. The molecule has 0 aliphatic carbocycles. The van der Waals surface area contributed by atoms with Gasteiger partial charge in [-0.25, -0.2) is 0 Å². The van der Waals surface area contributed by atoms with Crippen molar-refractivity contribution in [3.63, 3.8) is 0 Å². The van der Waals surface area contributed by atoms with E-state index in [1.165, 1.54) is 14.7 Å². The van der Waals surface area contributed by atoms with Crippen LogP contribution in [0.1, 0.15) is 0 Å². The van der Waals surface area contributed by atoms with Gasteiger partial charge in [0.2, 0.25) is 0 Å². The summed E-state index contributed by atoms with van der Waals surface area (Å²) in [5.74, 6) is 0.330. The minimum atomic E-state index is 0.330. The van der Waals surface area contributed by atoms with Gasteiger partial charge in [0.05, 0.1) is 0 Å². The Morgan fingerprint density at radius 3 is 1.44 bits per heavy atom. The molecular formula is C24H18I2O. The minimum absolute atomic E-state index is 0.330. The highest BCUT2D eigenvalue weighted by Gasteiger charge is 2.05. The fourth-order valence-electron chi connectivity index (χ4n) is 2.69. The summed E-state index contributed by atoms with van der Waals surface area (Å²) in [5, 5.41) is 9.69. The van der Waals surface area contributed by atoms with Gasteiger partial charge in [0.25, 0.3) is 0 Å². The molecule has 0 aliphatic rings. The van der Waals surface area contributed by atoms with Gasteiger partial charge >= 0.3 is 0 Å². The van der Waals surface area contributed by atoms with Gasteiger partial charge in [-0.1, -0.05) is 84.9 Å². The summed E-state index contributed by atoms with van der Waals surface area (Å²) >= 11 is 4.63. The summed E-state index contributed by atoms with van der Waals surface area (Å²) in [6.07, 6.45) is 0. The normalized spacial score (nSPS) is 10.0. The SMILES string of the molecule is Ic1ccccc1-c1ccccc1.Oc1ccccc1-c1ccccc1I. The van der Waals surface area contributed by atoms with Gasteiger partial charge in [-0.2, -0.15) is 0 Å². The Bertz CT molecular complexity index is 970. The number of para-hydroxylation sites is 1. The third-order valence-electron chi connectivity index (χ3n) is 4.03. The highest BCUT2D eigenvalue weighted by atomic mass is 127. The average molecular weight is 576 g/mol. The second-order valence-corrected chi connectivity index (χ2v) is 8.17. The van der Waals surface area contributed by atoms with Crippen molar-refractivity contribution >= 4 is 45.2 Å². The minimum Gasteiger partial charge on any atom is -0.507 e. The number of phenols is 1. The van der Waals surface area contributed by atoms with Crippen molar-refractivity contribution in [2.24, 2.45) is 0 Å². The molecule has 27 heavy (non-hydrogen) atoms. The van der Waals surface area contributed by atoms with E-state index in [0.717, 1.165) is 14.7 Å². The predicted octanol–water partition coefficient (Wildman–Crippen LogP) is 7.62. The molecule has 3 heteroatoms. The molecule has 0 spiro atoms. The fourth-order valence-corrected chi connectivity index (χ4v) is 4.07. The topological polar surface area (TPSA) is 20.2 Å². The van der Waals surface area contributed by atoms with Gasteiger partial charge < -0.3 is 5.11 Å². The fraction of sp³-hybridized carbons (Fsp3) is 0. The number of benzene rings is 4. The molecule has 0 fully saturated rings. The Morgan fingerprint density at radius 1 is 0.444 bits per heavy atom. The largest absolute Gasteiger partial charge is 0.507 e. The van der Waals surface area contributed by atoms with Gasteiger partial charge in [-0.15, -0.1) is 0 Å². The molecule has 4 aromatic rings. The number of phenolic OH excluding ortho intramolecular Hbond substituents is 1. The van der Waals surface area contributed by atoms with E-state index in [1.807, 2.05) is 48.5 Å². The molecule has 0 radical (unpaired) electrons. The van der Waals surface area contributed by atoms with E-state index in [-0.39, 0.29) is 0 Å². The zero-order valence-electron chi connectivity index (χ0n) is 14.5. The maximum Gasteiger partial charge on any atom is 0.123 e. The zero-order chi connectivity index (χ0) is 19.1. The first-order valence-electron chi connectivity index (χ1n) is 8.49. The van der Waals surface area contributed by atoms with Crippen LogP contribution in [0.15, 0.2) is 103 Å². The van der Waals surface area contributed by atoms with Gasteiger partial charge in [0.1, 0.15) is 5.75 Å². The van der Waals surface area contributed by atoms with E-state index in [2.05, 4.69) is 93.7 Å². The first-order chi connectivity index (χ1) is 13.2. The highest BCUT2D eigenvalue weighted by Crippen LogP contribution is 2.31. The zero-order valence-corrected chi connectivity index (χ0v) is 18.8. The Balaban J connectivity index is 0.000000156. The second-order valence-electron chi connectivity index (χ2n) is 5.84. The van der Waals surface area contributed by atoms with E-state index in [4.69, 9.17) is 0 Å². The predicted molar refractivity (Wildman–Crippen MR) is 131 cm³/mol. The van der Waals surface area contributed by atoms with Crippen LogP contribution >= 0.6 is 45.2 Å². The summed E-state index contributed by atoms with van der Waals surface area (Å²) in [6, 6.07) is 34.3. The van der Waals surface area contributed by atoms with E-state index in [1.54, 1.807) is 6.07 Å². The summed E-state index contributed by atoms with van der Waals surface area (Å²) in [4.78, 5) is 0. The molecule has 0 atom stereocenters. The van der Waals surface area contributed by atoms with Crippen LogP contribution in [0, 0.1) is 7.14 Å². The third-order valence-corrected chi connectivity index (χ3v) is 5.91. The van der Waals surface area contributed by atoms with Gasteiger partial charge in [-0.05, 0) is 80.1 Å². The van der Waals surface area contributed by atoms with Crippen molar-refractivity contribution in [3.8, 4) is 28.0 Å². The van der Waals surface area contributed by atoms with Gasteiger partial charge in [0.15, 0.2) is 0 Å². The van der Waals surface area contributed by atoms with Crippen LogP contribution in [-0.2, 0) is 0 Å². The van der Waals surface area contributed by atoms with E-state index < -0.39 is 0 Å². The molecule has 0 saturated carbocycles. The van der Waals surface area contributed by atoms with E-state index in [9.17, 15) is 5.11 Å². The molecule has 1 nitrogen and oxygen atoms in total. The summed E-state index contributed by atoms with van der Waals surface area (Å²) in [7, 11) is 0. The van der Waals surface area contributed by atoms with Crippen LogP contribution in [0.25, 0.3) is 22.3 Å². The Labute approximate surface area is 187 Å². The third kappa shape index (κ3) is 5.32. The molecule has 0 aliphatic heterocycles. The monoisotopic (exact) mass is 576 g/mol. The van der Waals surface area contributed by atoms with Gasteiger partial charge in [0, 0.05) is 12.7 Å². The Kier molecular flexibility index (Phi) is 7.29. The van der Waals surface area contributed by atoms with Crippen molar-refractivity contribution in [2.45, 2.75) is 0 Å². The average Bonchev–Trinajstić information content (AvgIpc) is 2.71. The quantitative estimate of drug-likeness (QED) is 0.244. The lowest BCUT2D eigenvalue weighted by atomic mass is 10.1. The van der Waals surface area contributed by atoms with Crippen LogP contribution in [0.4, 0.5) is 0 Å². The summed E-state index contributed by atoms with van der Waals surface area (Å²) in [5.41, 5.74) is 4.56. The standard InChI is InChI=1S/C12H9IO.C12H9I/c13-11-7-3-1-5-9(11)10-6-2-4-8-12(10)14;13-12-9-5-4-8-11(12)10-6-2-1-3-7-10/h1-8,14H;1-9H. The molecular weight excluding hydrogens is 558 g/mol. The maximum absolute atomic E-state index is 9.69. The van der Waals surface area contributed by atoms with Crippen molar-refractivity contribution in [1.29, 1.82) is 0 Å². The molecule has 0 unspecified atom stereocenters. The van der Waals surface area contributed by atoms with Gasteiger partial charge in [-0.3, -0.25) is 0 Å². The first-order valence-corrected chi connectivity index (χ1v) is 10.7. The molecule has 134 valence electrons. The molecule has 0 bridgehead atoms. The molecule has 4 rings (SSSR count). The summed E-state index contributed by atoms with van der Waals surface area (Å²) < 4.78 is 2.44.